The molecule has 1 aliphatic carbocycles. The molecule has 0 amide bonds. The summed E-state index contributed by atoms with van der Waals surface area (Å²) >= 11 is 0. The van der Waals surface area contributed by atoms with Gasteiger partial charge in [0, 0.05) is 44.3 Å². The molecule has 2 atom stereocenters. The minimum atomic E-state index is -2.07. The second-order valence-corrected chi connectivity index (χ2v) is 8.07. The van der Waals surface area contributed by atoms with Crippen molar-refractivity contribution in [1.82, 2.24) is 0 Å². The quantitative estimate of drug-likeness (QED) is 0.461. The van der Waals surface area contributed by atoms with E-state index in [0.29, 0.717) is 6.42 Å². The van der Waals surface area contributed by atoms with Gasteiger partial charge in [-0.2, -0.15) is 5.26 Å². The highest BCUT2D eigenvalue weighted by molar-refractivity contribution is 5.99. The Morgan fingerprint density at radius 2 is 1.90 bits per heavy atom. The number of nitro benzene ring substituents is 1. The zero-order chi connectivity index (χ0) is 21.6. The summed E-state index contributed by atoms with van der Waals surface area (Å²) in [4.78, 5) is 24.3. The Labute approximate surface area is 168 Å². The first kappa shape index (κ1) is 20.9. The predicted molar refractivity (Wildman–Crippen MR) is 101 cm³/mol. The highest BCUT2D eigenvalue weighted by Gasteiger charge is 2.66. The number of nitriles is 1. The largest absolute Gasteiger partial charge is 0.441 e. The van der Waals surface area contributed by atoms with Crippen molar-refractivity contribution in [3.05, 3.63) is 51.3 Å². The smallest absolute Gasteiger partial charge is 0.360 e. The van der Waals surface area contributed by atoms with E-state index in [0.717, 1.165) is 0 Å². The van der Waals surface area contributed by atoms with Gasteiger partial charge in [0.15, 0.2) is 5.78 Å². The lowest BCUT2D eigenvalue weighted by molar-refractivity contribution is -0.388. The van der Waals surface area contributed by atoms with Crippen molar-refractivity contribution in [2.24, 2.45) is 11.1 Å². The van der Waals surface area contributed by atoms with Crippen LogP contribution in [0.25, 0.3) is 0 Å². The Balaban J connectivity index is 2.39. The Morgan fingerprint density at radius 3 is 2.45 bits per heavy atom. The van der Waals surface area contributed by atoms with Crippen LogP contribution in [0.5, 0.6) is 0 Å². The van der Waals surface area contributed by atoms with E-state index < -0.39 is 27.8 Å². The number of nitrogens with two attached hydrogens (primary N) is 1. The molecule has 154 valence electrons. The number of rotatable bonds is 4. The molecule has 2 unspecified atom stereocenters. The van der Waals surface area contributed by atoms with Gasteiger partial charge in [-0.25, -0.2) is 0 Å². The number of Topliss-reactive ketones (excluding diaryl/α,β-unsaturated/α-hetero) is 1. The zero-order valence-corrected chi connectivity index (χ0v) is 16.7. The highest BCUT2D eigenvalue weighted by atomic mass is 16.9. The lowest BCUT2D eigenvalue weighted by Crippen LogP contribution is -2.69. The normalized spacial score (nSPS) is 27.6. The molecule has 0 saturated carbocycles. The first-order valence-electron chi connectivity index (χ1n) is 9.05. The second kappa shape index (κ2) is 6.91. The fraction of sp³-hybridized carbons (Fsp3) is 0.500. The number of hydrogen-bond acceptors (Lipinski definition) is 8. The second-order valence-electron chi connectivity index (χ2n) is 8.07. The van der Waals surface area contributed by atoms with Crippen molar-refractivity contribution in [1.29, 1.82) is 5.26 Å². The number of nitro groups is 1. The molecule has 1 aromatic carbocycles. The molecule has 9 nitrogen and oxygen atoms in total. The molecule has 9 heteroatoms. The zero-order valence-electron chi connectivity index (χ0n) is 16.7. The van der Waals surface area contributed by atoms with E-state index in [1.54, 1.807) is 6.07 Å². The predicted octanol–water partition coefficient (Wildman–Crippen LogP) is 2.52. The molecule has 0 fully saturated rings. The summed E-state index contributed by atoms with van der Waals surface area (Å²) in [6, 6.07) is 7.85. The monoisotopic (exact) mass is 401 g/mol. The van der Waals surface area contributed by atoms with E-state index in [1.165, 1.54) is 32.4 Å². The van der Waals surface area contributed by atoms with Gasteiger partial charge in [0.25, 0.3) is 5.69 Å². The Morgan fingerprint density at radius 1 is 1.28 bits per heavy atom. The summed E-state index contributed by atoms with van der Waals surface area (Å²) < 4.78 is 16.8. The fourth-order valence-corrected chi connectivity index (χ4v) is 4.28. The van der Waals surface area contributed by atoms with Crippen molar-refractivity contribution >= 4 is 11.5 Å². The van der Waals surface area contributed by atoms with Crippen LogP contribution in [0.3, 0.4) is 0 Å². The summed E-state index contributed by atoms with van der Waals surface area (Å²) in [6.45, 7) is 3.82. The molecule has 2 N–H and O–H groups in total. The first-order valence-corrected chi connectivity index (χ1v) is 9.05. The molecule has 2 aliphatic rings. The molecule has 0 bridgehead atoms. The van der Waals surface area contributed by atoms with Crippen molar-refractivity contribution in [3.63, 3.8) is 0 Å². The Hall–Kier alpha value is -2.80. The van der Waals surface area contributed by atoms with E-state index in [1.807, 2.05) is 19.9 Å². The molecule has 3 rings (SSSR count). The first-order chi connectivity index (χ1) is 13.6. The van der Waals surface area contributed by atoms with Crippen LogP contribution >= 0.6 is 0 Å². The number of nitrogens with zero attached hydrogens (tertiary/aromatic N) is 2. The van der Waals surface area contributed by atoms with Gasteiger partial charge in [0.2, 0.25) is 5.54 Å². The van der Waals surface area contributed by atoms with Gasteiger partial charge in [-0.05, 0) is 5.41 Å². The third-order valence-electron chi connectivity index (χ3n) is 5.55. The van der Waals surface area contributed by atoms with Crippen LogP contribution < -0.4 is 5.73 Å². The van der Waals surface area contributed by atoms with Gasteiger partial charge in [-0.15, -0.1) is 0 Å². The summed E-state index contributed by atoms with van der Waals surface area (Å²) in [5.41, 5.74) is 4.05. The van der Waals surface area contributed by atoms with E-state index in [9.17, 15) is 20.2 Å². The number of hydrogen-bond donors (Lipinski definition) is 1. The number of para-hydroxylation sites is 1. The molecule has 0 radical (unpaired) electrons. The van der Waals surface area contributed by atoms with Crippen molar-refractivity contribution in [3.8, 4) is 6.07 Å². The Bertz CT molecular complexity index is 944. The molecule has 0 aromatic heterocycles. The van der Waals surface area contributed by atoms with Gasteiger partial charge < -0.3 is 19.9 Å². The van der Waals surface area contributed by atoms with E-state index in [2.05, 4.69) is 0 Å². The lowest BCUT2D eigenvalue weighted by Gasteiger charge is -2.51. The summed E-state index contributed by atoms with van der Waals surface area (Å²) in [7, 11) is 2.53. The van der Waals surface area contributed by atoms with Crippen molar-refractivity contribution in [2.75, 3.05) is 14.2 Å². The average molecular weight is 401 g/mol. The van der Waals surface area contributed by atoms with Gasteiger partial charge in [0.05, 0.1) is 16.9 Å². The highest BCUT2D eigenvalue weighted by Crippen LogP contribution is 2.54. The number of methoxy groups -OCH3 is 2. The van der Waals surface area contributed by atoms with Crippen LogP contribution in [0.15, 0.2) is 35.6 Å². The van der Waals surface area contributed by atoms with Gasteiger partial charge in [0.1, 0.15) is 5.76 Å². The van der Waals surface area contributed by atoms with Crippen molar-refractivity contribution < 1.29 is 23.9 Å². The van der Waals surface area contributed by atoms with Crippen LogP contribution in [0.4, 0.5) is 5.69 Å². The number of benzene rings is 1. The van der Waals surface area contributed by atoms with E-state index >= 15 is 0 Å². The molecule has 1 heterocycles. The number of ether oxygens (including phenoxy) is 3. The Kier molecular flexibility index (Phi) is 4.99. The van der Waals surface area contributed by atoms with E-state index in [4.69, 9.17) is 19.9 Å². The van der Waals surface area contributed by atoms with Crippen LogP contribution in [-0.2, 0) is 19.0 Å². The SMILES string of the molecule is COC1(OC)OC2=C(C(=O)CC(C)(C)C2)C(c2ccccc2[N+](=O)[O-])C1(N)C#N. The minimum Gasteiger partial charge on any atom is -0.441 e. The van der Waals surface area contributed by atoms with Crippen molar-refractivity contribution in [2.45, 2.75) is 44.1 Å². The molecular weight excluding hydrogens is 378 g/mol. The molecule has 29 heavy (non-hydrogen) atoms. The molecule has 1 aromatic rings. The van der Waals surface area contributed by atoms with Gasteiger partial charge in [-0.3, -0.25) is 14.9 Å². The van der Waals surface area contributed by atoms with Crippen LogP contribution in [0.2, 0.25) is 0 Å². The molecular formula is C20H23N3O6. The number of carbonyl (C=O) groups excluding carboxylic acids is 1. The van der Waals surface area contributed by atoms with Gasteiger partial charge in [-0.1, -0.05) is 32.0 Å². The maximum absolute atomic E-state index is 13.1. The van der Waals surface area contributed by atoms with Crippen LogP contribution in [-0.4, -0.2) is 36.4 Å². The lowest BCUT2D eigenvalue weighted by atomic mass is 9.65. The average Bonchev–Trinajstić information content (AvgIpc) is 2.67. The summed E-state index contributed by atoms with van der Waals surface area (Å²) in [6.07, 6.45) is 0.558. The molecule has 1 aliphatic heterocycles. The number of allylic oxidation sites excluding steroid dienone is 1. The van der Waals surface area contributed by atoms with Gasteiger partial charge >= 0.3 is 5.97 Å². The number of carbonyl (C=O) groups is 1. The molecule has 0 saturated heterocycles. The third-order valence-corrected chi connectivity index (χ3v) is 5.55. The summed E-state index contributed by atoms with van der Waals surface area (Å²) in [5.74, 6) is -3.23. The molecule has 0 spiro atoms. The van der Waals surface area contributed by atoms with Crippen LogP contribution in [0.1, 0.15) is 38.2 Å². The third kappa shape index (κ3) is 3.00. The summed E-state index contributed by atoms with van der Waals surface area (Å²) in [5, 5.41) is 21.8. The number of ketones is 1. The minimum absolute atomic E-state index is 0.129. The van der Waals surface area contributed by atoms with E-state index in [-0.39, 0.29) is 34.8 Å². The van der Waals surface area contributed by atoms with Crippen LogP contribution in [0, 0.1) is 26.9 Å². The fourth-order valence-electron chi connectivity index (χ4n) is 4.28. The topological polar surface area (TPSA) is 138 Å². The standard InChI is InChI=1S/C20H23N3O6/c1-18(2)9-14(24)16-15(10-18)29-20(27-3,28-4)19(22,11-21)17(16)12-7-5-6-8-13(12)23(25)26/h5-8,17H,9-10,22H2,1-4H3. The maximum atomic E-state index is 13.1. The maximum Gasteiger partial charge on any atom is 0.360 e.